The number of carbonyl (C=O) groups excluding carboxylic acids is 2. The normalized spacial score (nSPS) is 14.2. The van der Waals surface area contributed by atoms with Gasteiger partial charge in [-0.1, -0.05) is 13.8 Å². The van der Waals surface area contributed by atoms with E-state index in [1.54, 1.807) is 24.3 Å². The fourth-order valence-corrected chi connectivity index (χ4v) is 3.62. The number of thiazole rings is 1. The van der Waals surface area contributed by atoms with Gasteiger partial charge >= 0.3 is 0 Å². The Bertz CT molecular complexity index is 783. The molecule has 0 radical (unpaired) electrons. The smallest absolute Gasteiger partial charge is 0.257 e. The molecule has 132 valence electrons. The van der Waals surface area contributed by atoms with Gasteiger partial charge in [0, 0.05) is 41.6 Å². The summed E-state index contributed by atoms with van der Waals surface area (Å²) in [6.07, 6.45) is 0.919. The molecule has 1 aromatic heterocycles. The highest BCUT2D eigenvalue weighted by atomic mass is 32.1. The van der Waals surface area contributed by atoms with Crippen LogP contribution in [0.15, 0.2) is 24.3 Å². The third-order valence-corrected chi connectivity index (χ3v) is 5.08. The average molecular weight is 358 g/mol. The second-order valence-corrected chi connectivity index (χ2v) is 7.64. The minimum absolute atomic E-state index is 0.0458. The molecule has 0 aliphatic carbocycles. The number of fused-ring (bicyclic) bond motifs is 1. The predicted octanol–water partition coefficient (Wildman–Crippen LogP) is 2.98. The molecule has 2 heterocycles. The predicted molar refractivity (Wildman–Crippen MR) is 100 cm³/mol. The van der Waals surface area contributed by atoms with E-state index < -0.39 is 0 Å². The highest BCUT2D eigenvalue weighted by Gasteiger charge is 2.19. The molecule has 6 nitrogen and oxygen atoms in total. The number of aromatic nitrogens is 1. The lowest BCUT2D eigenvalue weighted by atomic mass is 10.1. The minimum Gasteiger partial charge on any atom is -0.326 e. The van der Waals surface area contributed by atoms with Crippen molar-refractivity contribution in [3.8, 4) is 0 Å². The molecule has 2 aromatic rings. The standard InChI is InChI=1S/C18H22N4O2S/c1-11(2)16(23)19-13-6-4-12(5-7-13)17(24)21-18-20-14-8-9-22(3)10-15(14)25-18/h4-7,11H,8-10H2,1-3H3,(H,19,23)(H,20,21,24). The van der Waals surface area contributed by atoms with E-state index >= 15 is 0 Å². The van der Waals surface area contributed by atoms with Gasteiger partial charge in [-0.05, 0) is 31.3 Å². The molecular weight excluding hydrogens is 336 g/mol. The molecule has 0 unspecified atom stereocenters. The summed E-state index contributed by atoms with van der Waals surface area (Å²) < 4.78 is 0. The SMILES string of the molecule is CC(C)C(=O)Nc1ccc(C(=O)Nc2nc3c(s2)CN(C)CC3)cc1. The van der Waals surface area contributed by atoms with Gasteiger partial charge in [0.05, 0.1) is 5.69 Å². The fourth-order valence-electron chi connectivity index (χ4n) is 2.54. The van der Waals surface area contributed by atoms with Crippen LogP contribution in [0.25, 0.3) is 0 Å². The van der Waals surface area contributed by atoms with Crippen LogP contribution in [0.5, 0.6) is 0 Å². The first-order valence-electron chi connectivity index (χ1n) is 8.32. The van der Waals surface area contributed by atoms with E-state index in [0.717, 1.165) is 25.2 Å². The molecule has 0 saturated heterocycles. The van der Waals surface area contributed by atoms with Crippen LogP contribution in [0.1, 0.15) is 34.8 Å². The Kier molecular flexibility index (Phi) is 5.15. The van der Waals surface area contributed by atoms with E-state index in [1.807, 2.05) is 13.8 Å². The summed E-state index contributed by atoms with van der Waals surface area (Å²) in [7, 11) is 2.08. The van der Waals surface area contributed by atoms with Crippen LogP contribution in [-0.2, 0) is 17.8 Å². The minimum atomic E-state index is -0.193. The van der Waals surface area contributed by atoms with Crippen molar-refractivity contribution in [3.05, 3.63) is 40.4 Å². The van der Waals surface area contributed by atoms with Gasteiger partial charge in [0.2, 0.25) is 5.91 Å². The van der Waals surface area contributed by atoms with Gasteiger partial charge in [0.15, 0.2) is 5.13 Å². The molecule has 25 heavy (non-hydrogen) atoms. The Labute approximate surface area is 151 Å². The number of amides is 2. The summed E-state index contributed by atoms with van der Waals surface area (Å²) in [5.74, 6) is -0.324. The van der Waals surface area contributed by atoms with Gasteiger partial charge in [-0.3, -0.25) is 14.9 Å². The first kappa shape index (κ1) is 17.6. The maximum atomic E-state index is 12.4. The Hall–Kier alpha value is -2.25. The molecule has 1 aliphatic heterocycles. The van der Waals surface area contributed by atoms with Crippen molar-refractivity contribution >= 4 is 34.0 Å². The summed E-state index contributed by atoms with van der Waals surface area (Å²) in [4.78, 5) is 32.1. The highest BCUT2D eigenvalue weighted by Crippen LogP contribution is 2.28. The maximum absolute atomic E-state index is 12.4. The number of benzene rings is 1. The zero-order valence-corrected chi connectivity index (χ0v) is 15.4. The second kappa shape index (κ2) is 7.33. The number of likely N-dealkylation sites (N-methyl/N-ethyl adjacent to an activating group) is 1. The largest absolute Gasteiger partial charge is 0.326 e. The van der Waals surface area contributed by atoms with Crippen molar-refractivity contribution in [3.63, 3.8) is 0 Å². The molecule has 0 fully saturated rings. The lowest BCUT2D eigenvalue weighted by Gasteiger charge is -2.20. The lowest BCUT2D eigenvalue weighted by Crippen LogP contribution is -2.25. The number of hydrogen-bond donors (Lipinski definition) is 2. The third kappa shape index (κ3) is 4.24. The molecule has 0 spiro atoms. The van der Waals surface area contributed by atoms with Crippen LogP contribution < -0.4 is 10.6 Å². The number of hydrogen-bond acceptors (Lipinski definition) is 5. The molecule has 7 heteroatoms. The van der Waals surface area contributed by atoms with Gasteiger partial charge in [-0.15, -0.1) is 11.3 Å². The van der Waals surface area contributed by atoms with Crippen molar-refractivity contribution in [1.82, 2.24) is 9.88 Å². The Balaban J connectivity index is 1.64. The first-order chi connectivity index (χ1) is 11.9. The second-order valence-electron chi connectivity index (χ2n) is 6.55. The molecule has 0 bridgehead atoms. The molecule has 0 atom stereocenters. The van der Waals surface area contributed by atoms with E-state index in [1.165, 1.54) is 16.2 Å². The Morgan fingerprint density at radius 3 is 2.60 bits per heavy atom. The van der Waals surface area contributed by atoms with E-state index in [9.17, 15) is 9.59 Å². The van der Waals surface area contributed by atoms with Gasteiger partial charge < -0.3 is 10.2 Å². The van der Waals surface area contributed by atoms with Crippen molar-refractivity contribution < 1.29 is 9.59 Å². The third-order valence-electron chi connectivity index (χ3n) is 4.08. The quantitative estimate of drug-likeness (QED) is 0.881. The Morgan fingerprint density at radius 1 is 1.20 bits per heavy atom. The zero-order valence-electron chi connectivity index (χ0n) is 14.6. The monoisotopic (exact) mass is 358 g/mol. The average Bonchev–Trinajstić information content (AvgIpc) is 2.96. The number of rotatable bonds is 4. The van der Waals surface area contributed by atoms with Crippen molar-refractivity contribution in [2.75, 3.05) is 24.2 Å². The van der Waals surface area contributed by atoms with E-state index in [2.05, 4.69) is 27.6 Å². The fraction of sp³-hybridized carbons (Fsp3) is 0.389. The van der Waals surface area contributed by atoms with Crippen LogP contribution in [-0.4, -0.2) is 35.3 Å². The number of anilines is 2. The van der Waals surface area contributed by atoms with Crippen molar-refractivity contribution in [2.45, 2.75) is 26.8 Å². The van der Waals surface area contributed by atoms with E-state index in [0.29, 0.717) is 16.4 Å². The number of nitrogens with one attached hydrogen (secondary N) is 2. The summed E-state index contributed by atoms with van der Waals surface area (Å²) in [5, 5.41) is 6.32. The summed E-state index contributed by atoms with van der Waals surface area (Å²) in [6, 6.07) is 6.87. The van der Waals surface area contributed by atoms with Crippen LogP contribution >= 0.6 is 11.3 Å². The molecule has 1 aromatic carbocycles. The number of nitrogens with zero attached hydrogens (tertiary/aromatic N) is 2. The lowest BCUT2D eigenvalue weighted by molar-refractivity contribution is -0.118. The summed E-state index contributed by atoms with van der Waals surface area (Å²) in [6.45, 7) is 5.55. The number of carbonyl (C=O) groups is 2. The van der Waals surface area contributed by atoms with Gasteiger partial charge in [-0.25, -0.2) is 4.98 Å². The molecule has 2 amide bonds. The molecular formula is C18H22N4O2S. The van der Waals surface area contributed by atoms with Crippen LogP contribution in [0.4, 0.5) is 10.8 Å². The zero-order chi connectivity index (χ0) is 18.0. The molecule has 3 rings (SSSR count). The summed E-state index contributed by atoms with van der Waals surface area (Å²) in [5.41, 5.74) is 2.31. The highest BCUT2D eigenvalue weighted by molar-refractivity contribution is 7.15. The van der Waals surface area contributed by atoms with Crippen LogP contribution in [0.2, 0.25) is 0 Å². The first-order valence-corrected chi connectivity index (χ1v) is 9.13. The Morgan fingerprint density at radius 2 is 1.92 bits per heavy atom. The topological polar surface area (TPSA) is 74.3 Å². The molecule has 0 saturated carbocycles. The van der Waals surface area contributed by atoms with Gasteiger partial charge in [0.25, 0.3) is 5.91 Å². The van der Waals surface area contributed by atoms with Crippen LogP contribution in [0, 0.1) is 5.92 Å². The van der Waals surface area contributed by atoms with Crippen molar-refractivity contribution in [1.29, 1.82) is 0 Å². The van der Waals surface area contributed by atoms with E-state index in [-0.39, 0.29) is 17.7 Å². The van der Waals surface area contributed by atoms with Gasteiger partial charge in [0.1, 0.15) is 0 Å². The van der Waals surface area contributed by atoms with E-state index in [4.69, 9.17) is 0 Å². The molecule has 1 aliphatic rings. The maximum Gasteiger partial charge on any atom is 0.257 e. The molecule has 2 N–H and O–H groups in total. The summed E-state index contributed by atoms with van der Waals surface area (Å²) >= 11 is 1.54. The van der Waals surface area contributed by atoms with Gasteiger partial charge in [-0.2, -0.15) is 0 Å². The van der Waals surface area contributed by atoms with Crippen molar-refractivity contribution in [2.24, 2.45) is 5.92 Å². The van der Waals surface area contributed by atoms with Crippen LogP contribution in [0.3, 0.4) is 0 Å².